The van der Waals surface area contributed by atoms with Crippen molar-refractivity contribution in [2.24, 2.45) is 0 Å². The molecule has 0 fully saturated rings. The molecule has 0 spiro atoms. The summed E-state index contributed by atoms with van der Waals surface area (Å²) in [6, 6.07) is 10.2. The fourth-order valence-corrected chi connectivity index (χ4v) is 3.36. The maximum absolute atomic E-state index is 12.0. The first kappa shape index (κ1) is 18.1. The van der Waals surface area contributed by atoms with Crippen molar-refractivity contribution in [3.05, 3.63) is 47.7 Å². The Morgan fingerprint density at radius 2 is 1.92 bits per heavy atom. The molecule has 0 aliphatic rings. The number of amides is 1. The van der Waals surface area contributed by atoms with Crippen LogP contribution in [0.25, 0.3) is 10.7 Å². The number of thiophene rings is 1. The van der Waals surface area contributed by atoms with Crippen molar-refractivity contribution in [2.75, 3.05) is 16.3 Å². The van der Waals surface area contributed by atoms with Gasteiger partial charge in [0.15, 0.2) is 0 Å². The second-order valence-corrected chi connectivity index (χ2v) is 8.18. The number of carbonyl (C=O) groups excluding carboxylic acids is 1. The standard InChI is InChI=1S/C16H16N4O4S2/c1-26(22,23)20-12-6-4-11(5-7-12)17-14(21)8-9-15-18-16(19-24-15)13-3-2-10-25-13/h2-7,10,20H,8-9H2,1H3,(H,17,21). The fourth-order valence-electron chi connectivity index (χ4n) is 2.14. The third-order valence-electron chi connectivity index (χ3n) is 3.25. The van der Waals surface area contributed by atoms with Crippen molar-refractivity contribution in [3.8, 4) is 10.7 Å². The molecule has 2 N–H and O–H groups in total. The highest BCUT2D eigenvalue weighted by molar-refractivity contribution is 7.92. The lowest BCUT2D eigenvalue weighted by molar-refractivity contribution is -0.116. The number of nitrogens with zero attached hydrogens (tertiary/aromatic N) is 2. The highest BCUT2D eigenvalue weighted by atomic mass is 32.2. The largest absolute Gasteiger partial charge is 0.339 e. The van der Waals surface area contributed by atoms with Gasteiger partial charge in [0.05, 0.1) is 11.1 Å². The Kier molecular flexibility index (Phi) is 5.33. The molecule has 1 amide bonds. The van der Waals surface area contributed by atoms with Gasteiger partial charge in [-0.25, -0.2) is 8.42 Å². The van der Waals surface area contributed by atoms with Gasteiger partial charge in [-0.1, -0.05) is 11.2 Å². The first-order valence-electron chi connectivity index (χ1n) is 7.63. The van der Waals surface area contributed by atoms with Crippen LogP contribution in [0.2, 0.25) is 0 Å². The molecule has 3 aromatic rings. The minimum atomic E-state index is -3.33. The van der Waals surface area contributed by atoms with Crippen LogP contribution in [0.3, 0.4) is 0 Å². The van der Waals surface area contributed by atoms with Crippen molar-refractivity contribution < 1.29 is 17.7 Å². The lowest BCUT2D eigenvalue weighted by Crippen LogP contribution is -2.13. The lowest BCUT2D eigenvalue weighted by atomic mass is 10.2. The molecule has 0 bridgehead atoms. The molecule has 0 aliphatic heterocycles. The van der Waals surface area contributed by atoms with E-state index in [4.69, 9.17) is 4.52 Å². The Bertz CT molecular complexity index is 980. The molecular formula is C16H16N4O4S2. The van der Waals surface area contributed by atoms with E-state index in [2.05, 4.69) is 20.2 Å². The van der Waals surface area contributed by atoms with E-state index in [1.807, 2.05) is 17.5 Å². The molecule has 0 saturated heterocycles. The van der Waals surface area contributed by atoms with E-state index < -0.39 is 10.0 Å². The van der Waals surface area contributed by atoms with E-state index in [-0.39, 0.29) is 12.3 Å². The van der Waals surface area contributed by atoms with E-state index in [9.17, 15) is 13.2 Å². The van der Waals surface area contributed by atoms with Gasteiger partial charge < -0.3 is 9.84 Å². The Morgan fingerprint density at radius 3 is 2.58 bits per heavy atom. The minimum absolute atomic E-state index is 0.190. The number of rotatable bonds is 7. The number of hydrogen-bond donors (Lipinski definition) is 2. The molecule has 10 heteroatoms. The lowest BCUT2D eigenvalue weighted by Gasteiger charge is -2.07. The van der Waals surface area contributed by atoms with E-state index in [1.54, 1.807) is 24.3 Å². The summed E-state index contributed by atoms with van der Waals surface area (Å²) in [7, 11) is -3.33. The Labute approximate surface area is 154 Å². The molecule has 0 unspecified atom stereocenters. The molecule has 0 saturated carbocycles. The maximum Gasteiger partial charge on any atom is 0.229 e. The zero-order valence-electron chi connectivity index (χ0n) is 13.8. The van der Waals surface area contributed by atoms with Crippen molar-refractivity contribution in [1.29, 1.82) is 0 Å². The van der Waals surface area contributed by atoms with Crippen LogP contribution >= 0.6 is 11.3 Å². The number of benzene rings is 1. The number of sulfonamides is 1. The second kappa shape index (κ2) is 7.67. The highest BCUT2D eigenvalue weighted by Gasteiger charge is 2.11. The summed E-state index contributed by atoms with van der Waals surface area (Å²) < 4.78 is 29.8. The number of anilines is 2. The van der Waals surface area contributed by atoms with Crippen LogP contribution in [0.15, 0.2) is 46.3 Å². The summed E-state index contributed by atoms with van der Waals surface area (Å²) in [6.07, 6.45) is 1.59. The first-order chi connectivity index (χ1) is 12.4. The van der Waals surface area contributed by atoms with Crippen LogP contribution in [0, 0.1) is 0 Å². The number of carbonyl (C=O) groups is 1. The van der Waals surface area contributed by atoms with Crippen molar-refractivity contribution in [1.82, 2.24) is 10.1 Å². The molecule has 2 heterocycles. The van der Waals surface area contributed by atoms with Crippen molar-refractivity contribution in [3.63, 3.8) is 0 Å². The van der Waals surface area contributed by atoms with Crippen LogP contribution in [-0.4, -0.2) is 30.7 Å². The monoisotopic (exact) mass is 392 g/mol. The molecular weight excluding hydrogens is 376 g/mol. The molecule has 8 nitrogen and oxygen atoms in total. The third kappa shape index (κ3) is 5.14. The zero-order valence-corrected chi connectivity index (χ0v) is 15.4. The van der Waals surface area contributed by atoms with Crippen molar-refractivity contribution in [2.45, 2.75) is 12.8 Å². The topological polar surface area (TPSA) is 114 Å². The molecule has 0 radical (unpaired) electrons. The van der Waals surface area contributed by atoms with Crippen LogP contribution in [-0.2, 0) is 21.2 Å². The van der Waals surface area contributed by atoms with Gasteiger partial charge in [0, 0.05) is 24.2 Å². The number of aromatic nitrogens is 2. The van der Waals surface area contributed by atoms with Crippen LogP contribution in [0.5, 0.6) is 0 Å². The maximum atomic E-state index is 12.0. The average molecular weight is 392 g/mol. The SMILES string of the molecule is CS(=O)(=O)Nc1ccc(NC(=O)CCc2nc(-c3cccs3)no2)cc1. The van der Waals surface area contributed by atoms with E-state index in [1.165, 1.54) is 11.3 Å². The average Bonchev–Trinajstić information content (AvgIpc) is 3.24. The smallest absolute Gasteiger partial charge is 0.229 e. The van der Waals surface area contributed by atoms with Gasteiger partial charge >= 0.3 is 0 Å². The van der Waals surface area contributed by atoms with Gasteiger partial charge in [-0.15, -0.1) is 11.3 Å². The molecule has 0 aliphatic carbocycles. The summed E-state index contributed by atoms with van der Waals surface area (Å²) in [6.45, 7) is 0. The number of nitrogens with one attached hydrogen (secondary N) is 2. The molecule has 26 heavy (non-hydrogen) atoms. The summed E-state index contributed by atoms with van der Waals surface area (Å²) in [5, 5.41) is 8.55. The number of hydrogen-bond acceptors (Lipinski definition) is 7. The molecule has 0 atom stereocenters. The predicted molar refractivity (Wildman–Crippen MR) is 99.5 cm³/mol. The van der Waals surface area contributed by atoms with Gasteiger partial charge in [-0.2, -0.15) is 4.98 Å². The van der Waals surface area contributed by atoms with Gasteiger partial charge in [0.1, 0.15) is 0 Å². The summed E-state index contributed by atoms with van der Waals surface area (Å²) >= 11 is 1.51. The first-order valence-corrected chi connectivity index (χ1v) is 10.4. The molecule has 2 aromatic heterocycles. The Morgan fingerprint density at radius 1 is 1.19 bits per heavy atom. The van der Waals surface area contributed by atoms with E-state index >= 15 is 0 Å². The third-order valence-corrected chi connectivity index (χ3v) is 4.72. The zero-order chi connectivity index (χ0) is 18.6. The Balaban J connectivity index is 1.51. The summed E-state index contributed by atoms with van der Waals surface area (Å²) in [5.41, 5.74) is 0.997. The van der Waals surface area contributed by atoms with Gasteiger partial charge in [0.2, 0.25) is 27.6 Å². The minimum Gasteiger partial charge on any atom is -0.339 e. The molecule has 3 rings (SSSR count). The predicted octanol–water partition coefficient (Wildman–Crippen LogP) is 2.74. The summed E-state index contributed by atoms with van der Waals surface area (Å²) in [5.74, 6) is 0.713. The molecule has 136 valence electrons. The van der Waals surface area contributed by atoms with Crippen LogP contribution in [0.1, 0.15) is 12.3 Å². The second-order valence-electron chi connectivity index (χ2n) is 5.49. The Hall–Kier alpha value is -2.72. The molecule has 1 aromatic carbocycles. The highest BCUT2D eigenvalue weighted by Crippen LogP contribution is 2.21. The van der Waals surface area contributed by atoms with Gasteiger partial charge in [0.25, 0.3) is 0 Å². The fraction of sp³-hybridized carbons (Fsp3) is 0.188. The van der Waals surface area contributed by atoms with Gasteiger partial charge in [-0.3, -0.25) is 9.52 Å². The normalized spacial score (nSPS) is 11.3. The summed E-state index contributed by atoms with van der Waals surface area (Å²) in [4.78, 5) is 17.2. The van der Waals surface area contributed by atoms with E-state index in [0.717, 1.165) is 11.1 Å². The van der Waals surface area contributed by atoms with Crippen molar-refractivity contribution >= 4 is 38.6 Å². The van der Waals surface area contributed by atoms with E-state index in [0.29, 0.717) is 29.5 Å². The van der Waals surface area contributed by atoms with Crippen LogP contribution in [0.4, 0.5) is 11.4 Å². The van der Waals surface area contributed by atoms with Crippen LogP contribution < -0.4 is 10.0 Å². The van der Waals surface area contributed by atoms with Gasteiger partial charge in [-0.05, 0) is 35.7 Å². The quantitative estimate of drug-likeness (QED) is 0.639. The number of aryl methyl sites for hydroxylation is 1.